The van der Waals surface area contributed by atoms with Crippen molar-refractivity contribution in [1.82, 2.24) is 10.2 Å². The van der Waals surface area contributed by atoms with Crippen molar-refractivity contribution in [2.24, 2.45) is 0 Å². The van der Waals surface area contributed by atoms with Crippen LogP contribution < -0.4 is 5.32 Å². The molecule has 1 N–H and O–H groups in total. The van der Waals surface area contributed by atoms with E-state index < -0.39 is 0 Å². The van der Waals surface area contributed by atoms with E-state index >= 15 is 0 Å². The van der Waals surface area contributed by atoms with E-state index in [9.17, 15) is 0 Å². The van der Waals surface area contributed by atoms with E-state index in [2.05, 4.69) is 31.1 Å². The SMILES string of the molecule is CCCC(CCC)NCCN(C)CCOC. The minimum atomic E-state index is 0.714. The van der Waals surface area contributed by atoms with Crippen molar-refractivity contribution >= 4 is 0 Å². The largest absolute Gasteiger partial charge is 0.383 e. The van der Waals surface area contributed by atoms with Crippen LogP contribution in [0.4, 0.5) is 0 Å². The molecule has 0 rings (SSSR count). The molecule has 0 bridgehead atoms. The molecule has 98 valence electrons. The molecule has 0 fully saturated rings. The van der Waals surface area contributed by atoms with E-state index in [1.54, 1.807) is 7.11 Å². The molecule has 0 aromatic rings. The van der Waals surface area contributed by atoms with Gasteiger partial charge in [0.15, 0.2) is 0 Å². The Morgan fingerprint density at radius 2 is 1.75 bits per heavy atom. The number of hydrogen-bond acceptors (Lipinski definition) is 3. The van der Waals surface area contributed by atoms with E-state index in [1.807, 2.05) is 0 Å². The van der Waals surface area contributed by atoms with Gasteiger partial charge in [-0.15, -0.1) is 0 Å². The minimum absolute atomic E-state index is 0.714. The maximum atomic E-state index is 5.05. The van der Waals surface area contributed by atoms with Crippen LogP contribution in [0.3, 0.4) is 0 Å². The van der Waals surface area contributed by atoms with Gasteiger partial charge in [0, 0.05) is 32.8 Å². The molecule has 0 amide bonds. The number of nitrogens with one attached hydrogen (secondary N) is 1. The Balaban J connectivity index is 3.51. The summed E-state index contributed by atoms with van der Waals surface area (Å²) in [5.41, 5.74) is 0. The molecule has 16 heavy (non-hydrogen) atoms. The molecule has 0 saturated carbocycles. The van der Waals surface area contributed by atoms with Crippen LogP contribution in [0.5, 0.6) is 0 Å². The third-order valence-electron chi connectivity index (χ3n) is 2.88. The molecule has 0 unspecified atom stereocenters. The molecule has 0 aliphatic carbocycles. The van der Waals surface area contributed by atoms with Gasteiger partial charge in [-0.05, 0) is 19.9 Å². The van der Waals surface area contributed by atoms with Crippen molar-refractivity contribution in [3.63, 3.8) is 0 Å². The summed E-state index contributed by atoms with van der Waals surface area (Å²) in [5, 5.41) is 3.65. The Labute approximate surface area is 102 Å². The summed E-state index contributed by atoms with van der Waals surface area (Å²) in [6.07, 6.45) is 5.15. The average molecular weight is 230 g/mol. The van der Waals surface area contributed by atoms with Gasteiger partial charge in [0.05, 0.1) is 6.61 Å². The Morgan fingerprint density at radius 3 is 2.25 bits per heavy atom. The van der Waals surface area contributed by atoms with Crippen molar-refractivity contribution in [3.05, 3.63) is 0 Å². The van der Waals surface area contributed by atoms with Gasteiger partial charge in [0.2, 0.25) is 0 Å². The maximum Gasteiger partial charge on any atom is 0.0589 e. The summed E-state index contributed by atoms with van der Waals surface area (Å²) in [4.78, 5) is 2.31. The lowest BCUT2D eigenvalue weighted by Crippen LogP contribution is -2.36. The average Bonchev–Trinajstić information content (AvgIpc) is 2.27. The Kier molecular flexibility index (Phi) is 11.3. The van der Waals surface area contributed by atoms with Gasteiger partial charge >= 0.3 is 0 Å². The lowest BCUT2D eigenvalue weighted by Gasteiger charge is -2.20. The molecule has 0 aromatic heterocycles. The van der Waals surface area contributed by atoms with Crippen molar-refractivity contribution in [1.29, 1.82) is 0 Å². The van der Waals surface area contributed by atoms with E-state index in [4.69, 9.17) is 4.74 Å². The molecule has 0 aliphatic heterocycles. The third-order valence-corrected chi connectivity index (χ3v) is 2.88. The van der Waals surface area contributed by atoms with Gasteiger partial charge in [-0.3, -0.25) is 0 Å². The molecule has 0 saturated heterocycles. The molecule has 3 nitrogen and oxygen atoms in total. The van der Waals surface area contributed by atoms with Crippen LogP contribution in [0.1, 0.15) is 39.5 Å². The highest BCUT2D eigenvalue weighted by molar-refractivity contribution is 4.66. The zero-order valence-corrected chi connectivity index (χ0v) is 11.6. The lowest BCUT2D eigenvalue weighted by molar-refractivity contribution is 0.161. The van der Waals surface area contributed by atoms with E-state index in [0.717, 1.165) is 26.2 Å². The van der Waals surface area contributed by atoms with Gasteiger partial charge in [-0.1, -0.05) is 26.7 Å². The van der Waals surface area contributed by atoms with Crippen LogP contribution in [0.2, 0.25) is 0 Å². The third kappa shape index (κ3) is 9.13. The maximum absolute atomic E-state index is 5.05. The fourth-order valence-electron chi connectivity index (χ4n) is 1.86. The van der Waals surface area contributed by atoms with Crippen LogP contribution >= 0.6 is 0 Å². The topological polar surface area (TPSA) is 24.5 Å². The predicted molar refractivity (Wildman–Crippen MR) is 71.0 cm³/mol. The molecular weight excluding hydrogens is 200 g/mol. The summed E-state index contributed by atoms with van der Waals surface area (Å²) in [6, 6.07) is 0.714. The fourth-order valence-corrected chi connectivity index (χ4v) is 1.86. The normalized spacial score (nSPS) is 11.6. The Morgan fingerprint density at radius 1 is 1.12 bits per heavy atom. The highest BCUT2D eigenvalue weighted by Crippen LogP contribution is 2.03. The second-order valence-electron chi connectivity index (χ2n) is 4.52. The Bertz CT molecular complexity index is 136. The first-order valence-electron chi connectivity index (χ1n) is 6.65. The minimum Gasteiger partial charge on any atom is -0.383 e. The summed E-state index contributed by atoms with van der Waals surface area (Å²) >= 11 is 0. The molecule has 0 spiro atoms. The van der Waals surface area contributed by atoms with Crippen LogP contribution in [0.25, 0.3) is 0 Å². The zero-order chi connectivity index (χ0) is 12.2. The molecule has 0 radical (unpaired) electrons. The van der Waals surface area contributed by atoms with E-state index in [1.165, 1.54) is 25.7 Å². The van der Waals surface area contributed by atoms with Crippen molar-refractivity contribution < 1.29 is 4.74 Å². The van der Waals surface area contributed by atoms with Crippen molar-refractivity contribution in [3.8, 4) is 0 Å². The number of hydrogen-bond donors (Lipinski definition) is 1. The van der Waals surface area contributed by atoms with E-state index in [0.29, 0.717) is 6.04 Å². The van der Waals surface area contributed by atoms with Crippen molar-refractivity contribution in [2.75, 3.05) is 40.4 Å². The van der Waals surface area contributed by atoms with Gasteiger partial charge in [-0.25, -0.2) is 0 Å². The van der Waals surface area contributed by atoms with Crippen LogP contribution in [0.15, 0.2) is 0 Å². The first-order valence-corrected chi connectivity index (χ1v) is 6.65. The second-order valence-corrected chi connectivity index (χ2v) is 4.52. The number of nitrogens with zero attached hydrogens (tertiary/aromatic N) is 1. The standard InChI is InChI=1S/C13H30N2O/c1-5-7-13(8-6-2)14-9-10-15(3)11-12-16-4/h13-14H,5-12H2,1-4H3. The quantitative estimate of drug-likeness (QED) is 0.588. The smallest absolute Gasteiger partial charge is 0.0589 e. The van der Waals surface area contributed by atoms with Crippen LogP contribution in [0, 0.1) is 0 Å². The molecular formula is C13H30N2O. The molecule has 0 atom stereocenters. The predicted octanol–water partition coefficient (Wildman–Crippen LogP) is 2.12. The van der Waals surface area contributed by atoms with Gasteiger partial charge in [0.25, 0.3) is 0 Å². The van der Waals surface area contributed by atoms with Gasteiger partial charge < -0.3 is 15.0 Å². The monoisotopic (exact) mass is 230 g/mol. The number of rotatable bonds is 11. The summed E-state index contributed by atoms with van der Waals surface area (Å²) in [6.45, 7) is 8.55. The Hall–Kier alpha value is -0.120. The highest BCUT2D eigenvalue weighted by atomic mass is 16.5. The summed E-state index contributed by atoms with van der Waals surface area (Å²) < 4.78 is 5.05. The highest BCUT2D eigenvalue weighted by Gasteiger charge is 2.05. The lowest BCUT2D eigenvalue weighted by atomic mass is 10.1. The first-order chi connectivity index (χ1) is 7.74. The van der Waals surface area contributed by atoms with E-state index in [-0.39, 0.29) is 0 Å². The molecule has 0 aliphatic rings. The van der Waals surface area contributed by atoms with Crippen molar-refractivity contribution in [2.45, 2.75) is 45.6 Å². The number of ether oxygens (including phenoxy) is 1. The van der Waals surface area contributed by atoms with Gasteiger partial charge in [0.1, 0.15) is 0 Å². The molecule has 0 heterocycles. The van der Waals surface area contributed by atoms with Crippen LogP contribution in [-0.2, 0) is 4.74 Å². The summed E-state index contributed by atoms with van der Waals surface area (Å²) in [5.74, 6) is 0. The zero-order valence-electron chi connectivity index (χ0n) is 11.6. The molecule has 3 heteroatoms. The number of methoxy groups -OCH3 is 1. The van der Waals surface area contributed by atoms with Gasteiger partial charge in [-0.2, -0.15) is 0 Å². The first kappa shape index (κ1) is 15.9. The fraction of sp³-hybridized carbons (Fsp3) is 1.00. The number of likely N-dealkylation sites (N-methyl/N-ethyl adjacent to an activating group) is 1. The van der Waals surface area contributed by atoms with Crippen LogP contribution in [-0.4, -0.2) is 51.3 Å². The molecule has 0 aromatic carbocycles. The second kappa shape index (κ2) is 11.4. The summed E-state index contributed by atoms with van der Waals surface area (Å²) in [7, 11) is 3.90.